The van der Waals surface area contributed by atoms with Crippen LogP contribution in [0.4, 0.5) is 0 Å². The number of nitrogens with one attached hydrogen (secondary N) is 1. The van der Waals surface area contributed by atoms with E-state index in [2.05, 4.69) is 38.7 Å². The quantitative estimate of drug-likeness (QED) is 0.497. The summed E-state index contributed by atoms with van der Waals surface area (Å²) in [5, 5.41) is 11.6. The molecule has 1 aromatic rings. The third-order valence-electron chi connectivity index (χ3n) is 3.62. The Labute approximate surface area is 128 Å². The average molecular weight is 310 g/mol. The fraction of sp³-hybridized carbons (Fsp3) is 0.467. The molecule has 0 aromatic heterocycles. The molecule has 0 aliphatic rings. The van der Waals surface area contributed by atoms with Gasteiger partial charge in [0.25, 0.3) is 5.91 Å². The Morgan fingerprint density at radius 3 is 2.05 bits per heavy atom. The zero-order valence-corrected chi connectivity index (χ0v) is 14.1. The monoisotopic (exact) mass is 310 g/mol. The number of hydrogen-bond acceptors (Lipinski definition) is 3. The van der Waals surface area contributed by atoms with Crippen LogP contribution in [-0.2, 0) is 12.6 Å². The maximum absolute atomic E-state index is 11.9. The molecule has 5 heteroatoms. The van der Waals surface area contributed by atoms with Gasteiger partial charge in [0, 0.05) is 12.8 Å². The molecule has 0 saturated heterocycles. The molecule has 0 atom stereocenters. The number of carbonyl (C=O) groups excluding carboxylic acids is 1. The topological polar surface area (TPSA) is 52.9 Å². The molecule has 0 saturated carbocycles. The summed E-state index contributed by atoms with van der Waals surface area (Å²) >= 11 is 3.70. The van der Waals surface area contributed by atoms with Crippen LogP contribution in [0.3, 0.4) is 0 Å². The number of carbonyl (C=O) groups is 1. The van der Waals surface area contributed by atoms with Crippen molar-refractivity contribution in [2.24, 2.45) is 0 Å². The first-order valence-electron chi connectivity index (χ1n) is 6.78. The van der Waals surface area contributed by atoms with Gasteiger partial charge in [-0.2, -0.15) is 0 Å². The lowest BCUT2D eigenvalue weighted by atomic mass is 10.2. The Balaban J connectivity index is 0.00000110. The summed E-state index contributed by atoms with van der Waals surface area (Å²) < 4.78 is 0. The highest BCUT2D eigenvalue weighted by Crippen LogP contribution is 2.56. The highest BCUT2D eigenvalue weighted by atomic mass is 32.1. The third kappa shape index (κ3) is 6.32. The number of nitrogens with zero attached hydrogens (tertiary/aromatic N) is 1. The van der Waals surface area contributed by atoms with E-state index < -0.39 is 7.26 Å². The molecule has 0 unspecified atom stereocenters. The van der Waals surface area contributed by atoms with Crippen LogP contribution < -0.4 is 5.32 Å². The molecule has 1 N–H and O–H groups in total. The van der Waals surface area contributed by atoms with E-state index in [1.165, 1.54) is 23.9 Å². The van der Waals surface area contributed by atoms with Gasteiger partial charge in [0.05, 0.1) is 18.5 Å². The summed E-state index contributed by atoms with van der Waals surface area (Å²) in [6.07, 6.45) is 4.53. The predicted octanol–water partition coefficient (Wildman–Crippen LogP) is 3.47. The summed E-state index contributed by atoms with van der Waals surface area (Å²) in [4.78, 5) is 11.9. The minimum Gasteiger partial charge on any atom is -0.696 e. The van der Waals surface area contributed by atoms with E-state index in [-0.39, 0.29) is 5.91 Å². The normalized spacial score (nSPS) is 9.90. The molecular formula is C15H23N2OPS. The van der Waals surface area contributed by atoms with Gasteiger partial charge >= 0.3 is 0 Å². The van der Waals surface area contributed by atoms with E-state index in [1.807, 2.05) is 30.3 Å². The summed E-state index contributed by atoms with van der Waals surface area (Å²) in [5.74, 6) is 0.0605. The van der Waals surface area contributed by atoms with Crippen LogP contribution in [0.5, 0.6) is 0 Å². The number of amides is 1. The number of rotatable bonds is 6. The number of thiocyanates is 1. The summed E-state index contributed by atoms with van der Waals surface area (Å²) in [7, 11) is -0.945. The number of hydrogen-bond donors (Lipinski definition) is 1. The molecule has 0 heterocycles. The molecule has 0 aliphatic heterocycles. The van der Waals surface area contributed by atoms with Crippen LogP contribution in [-0.4, -0.2) is 30.7 Å². The lowest BCUT2D eigenvalue weighted by Crippen LogP contribution is -2.28. The van der Waals surface area contributed by atoms with Gasteiger partial charge in [0.1, 0.15) is 6.29 Å². The molecule has 20 heavy (non-hydrogen) atoms. The second-order valence-corrected chi connectivity index (χ2v) is 9.49. The Hall–Kier alpha value is -1.17. The second kappa shape index (κ2) is 10.6. The van der Waals surface area contributed by atoms with Crippen LogP contribution in [0.2, 0.25) is 0 Å². The van der Waals surface area contributed by atoms with Crippen molar-refractivity contribution in [1.29, 1.82) is 5.26 Å². The van der Waals surface area contributed by atoms with E-state index in [0.717, 1.165) is 11.8 Å². The summed E-state index contributed by atoms with van der Waals surface area (Å²) in [6, 6.07) is 9.45. The number of benzene rings is 1. The van der Waals surface area contributed by atoms with Crippen molar-refractivity contribution in [1.82, 2.24) is 5.32 Å². The van der Waals surface area contributed by atoms with Gasteiger partial charge < -0.3 is 17.9 Å². The summed E-state index contributed by atoms with van der Waals surface area (Å²) in [6.45, 7) is 6.74. The fourth-order valence-corrected chi connectivity index (χ4v) is 4.43. The van der Waals surface area contributed by atoms with Crippen LogP contribution in [0.25, 0.3) is 0 Å². The van der Waals surface area contributed by atoms with Gasteiger partial charge in [-0.25, -0.2) is 5.26 Å². The average Bonchev–Trinajstić information content (AvgIpc) is 2.50. The molecular weight excluding hydrogens is 287 g/mol. The van der Waals surface area contributed by atoms with E-state index in [9.17, 15) is 4.79 Å². The fourth-order valence-electron chi connectivity index (χ4n) is 1.94. The lowest BCUT2D eigenvalue weighted by molar-refractivity contribution is 0.0960. The van der Waals surface area contributed by atoms with E-state index in [1.54, 1.807) is 0 Å². The first-order chi connectivity index (χ1) is 9.59. The van der Waals surface area contributed by atoms with Crippen molar-refractivity contribution < 1.29 is 4.79 Å². The molecule has 0 aliphatic carbocycles. The van der Waals surface area contributed by atoms with E-state index >= 15 is 0 Å². The van der Waals surface area contributed by atoms with Crippen molar-refractivity contribution >= 4 is 25.8 Å². The molecule has 3 nitrogen and oxygen atoms in total. The second-order valence-electron chi connectivity index (χ2n) is 4.41. The van der Waals surface area contributed by atoms with Gasteiger partial charge in [-0.3, -0.25) is 4.79 Å². The Morgan fingerprint density at radius 1 is 1.20 bits per heavy atom. The van der Waals surface area contributed by atoms with Gasteiger partial charge in [0.2, 0.25) is 0 Å². The molecule has 0 radical (unpaired) electrons. The van der Waals surface area contributed by atoms with Crippen molar-refractivity contribution in [3.63, 3.8) is 0 Å². The van der Waals surface area contributed by atoms with Gasteiger partial charge in [-0.05, 0) is 32.9 Å². The highest BCUT2D eigenvalue weighted by molar-refractivity contribution is 7.75. The minimum atomic E-state index is -0.945. The molecule has 1 aromatic carbocycles. The smallest absolute Gasteiger partial charge is 0.254 e. The molecule has 0 spiro atoms. The van der Waals surface area contributed by atoms with Crippen molar-refractivity contribution in [3.8, 4) is 5.40 Å². The SMILES string of the molecule is CC[P+](CC)(CC)CNC(=O)c1ccccc1.N#C[S-]. The zero-order chi connectivity index (χ0) is 15.4. The van der Waals surface area contributed by atoms with Crippen molar-refractivity contribution in [2.75, 3.05) is 24.8 Å². The molecule has 1 rings (SSSR count). The van der Waals surface area contributed by atoms with Gasteiger partial charge in [-0.1, -0.05) is 23.6 Å². The van der Waals surface area contributed by atoms with Gasteiger partial charge in [0.15, 0.2) is 0 Å². The van der Waals surface area contributed by atoms with Crippen LogP contribution >= 0.6 is 7.26 Å². The molecule has 110 valence electrons. The van der Waals surface area contributed by atoms with Gasteiger partial charge in [-0.15, -0.1) is 0 Å². The van der Waals surface area contributed by atoms with E-state index in [0.29, 0.717) is 0 Å². The maximum atomic E-state index is 11.9. The molecule has 0 fully saturated rings. The molecule has 0 bridgehead atoms. The van der Waals surface area contributed by atoms with Crippen molar-refractivity contribution in [3.05, 3.63) is 35.9 Å². The Kier molecular flexibility index (Phi) is 9.98. The summed E-state index contributed by atoms with van der Waals surface area (Å²) in [5.41, 5.74) is 0.758. The standard InChI is InChI=1S/C14H22NOP.CHNS/c1-4-17(5-2,6-3)12-15-14(16)13-10-8-7-9-11-13;2-1-3/h7-11H,4-6,12H2,1-3H3;3H. The van der Waals surface area contributed by atoms with Crippen LogP contribution in [0.15, 0.2) is 30.3 Å². The van der Waals surface area contributed by atoms with Crippen LogP contribution in [0.1, 0.15) is 31.1 Å². The largest absolute Gasteiger partial charge is 0.696 e. The predicted molar refractivity (Wildman–Crippen MR) is 90.3 cm³/mol. The Bertz CT molecular complexity index is 419. The van der Waals surface area contributed by atoms with Crippen LogP contribution in [0, 0.1) is 10.7 Å². The zero-order valence-electron chi connectivity index (χ0n) is 12.4. The maximum Gasteiger partial charge on any atom is 0.254 e. The minimum absolute atomic E-state index is 0.0605. The lowest BCUT2D eigenvalue weighted by Gasteiger charge is -2.23. The van der Waals surface area contributed by atoms with E-state index in [4.69, 9.17) is 5.26 Å². The molecule has 1 amide bonds. The first-order valence-corrected chi connectivity index (χ1v) is 9.72. The van der Waals surface area contributed by atoms with Crippen molar-refractivity contribution in [2.45, 2.75) is 20.8 Å². The number of nitriles is 1. The third-order valence-corrected chi connectivity index (χ3v) is 8.48. The first kappa shape index (κ1) is 18.8. The highest BCUT2D eigenvalue weighted by Gasteiger charge is 2.31. The Morgan fingerprint density at radius 2 is 1.65 bits per heavy atom.